The average Bonchev–Trinajstić information content (AvgIpc) is 3.30. The zero-order valence-corrected chi connectivity index (χ0v) is 18.2. The van der Waals surface area contributed by atoms with Crippen LogP contribution in [0.2, 0.25) is 0 Å². The van der Waals surface area contributed by atoms with Crippen molar-refractivity contribution in [3.8, 4) is 0 Å². The number of hydrogen-bond donors (Lipinski definition) is 1. The van der Waals surface area contributed by atoms with E-state index in [1.54, 1.807) is 11.3 Å². The first-order valence-electron chi connectivity index (χ1n) is 8.92. The van der Waals surface area contributed by atoms with Crippen molar-refractivity contribution >= 4 is 41.3 Å². The lowest BCUT2D eigenvalue weighted by Crippen LogP contribution is -2.53. The Hall–Kier alpha value is -0.450. The molecule has 2 aliphatic rings. The van der Waals surface area contributed by atoms with Gasteiger partial charge in [0, 0.05) is 50.8 Å². The standard InChI is InChI=1S/C17H28N4O2S.HI/c1-3-13-11-20-16(24-13)6-7-19-17(18-2)21-8-10-23-15(12-21)14-5-4-9-22-14;/h11,14-15H,3-10,12H2,1-2H3,(H,18,19);1H. The number of rotatable bonds is 5. The van der Waals surface area contributed by atoms with Crippen LogP contribution in [-0.2, 0) is 22.3 Å². The van der Waals surface area contributed by atoms with Crippen LogP contribution >= 0.6 is 35.3 Å². The maximum atomic E-state index is 5.92. The Labute approximate surface area is 171 Å². The maximum absolute atomic E-state index is 5.92. The van der Waals surface area contributed by atoms with Gasteiger partial charge in [0.2, 0.25) is 0 Å². The van der Waals surface area contributed by atoms with Gasteiger partial charge in [0.05, 0.1) is 17.7 Å². The highest BCUT2D eigenvalue weighted by Gasteiger charge is 2.32. The molecule has 2 aliphatic heterocycles. The van der Waals surface area contributed by atoms with E-state index in [1.807, 2.05) is 13.2 Å². The van der Waals surface area contributed by atoms with Crippen molar-refractivity contribution in [2.45, 2.75) is 44.8 Å². The van der Waals surface area contributed by atoms with Crippen molar-refractivity contribution in [2.24, 2.45) is 4.99 Å². The molecule has 2 saturated heterocycles. The summed E-state index contributed by atoms with van der Waals surface area (Å²) in [6.45, 7) is 6.34. The molecule has 8 heteroatoms. The Kier molecular flexibility index (Phi) is 8.88. The third-order valence-electron chi connectivity index (χ3n) is 4.56. The molecule has 0 aromatic carbocycles. The molecule has 142 valence electrons. The van der Waals surface area contributed by atoms with E-state index in [-0.39, 0.29) is 36.2 Å². The number of nitrogens with zero attached hydrogens (tertiary/aromatic N) is 3. The SMILES string of the molecule is CCc1cnc(CCNC(=NC)N2CCOC(C3CCCO3)C2)s1.I. The predicted molar refractivity (Wildman–Crippen MR) is 112 cm³/mol. The van der Waals surface area contributed by atoms with Gasteiger partial charge < -0.3 is 19.7 Å². The number of guanidine groups is 1. The highest BCUT2D eigenvalue weighted by molar-refractivity contribution is 14.0. The Bertz CT molecular complexity index is 549. The van der Waals surface area contributed by atoms with Gasteiger partial charge in [0.15, 0.2) is 5.96 Å². The molecule has 0 saturated carbocycles. The molecule has 3 heterocycles. The molecule has 1 aromatic rings. The van der Waals surface area contributed by atoms with Crippen molar-refractivity contribution in [1.29, 1.82) is 0 Å². The van der Waals surface area contributed by atoms with Gasteiger partial charge in [0.1, 0.15) is 6.10 Å². The fourth-order valence-corrected chi connectivity index (χ4v) is 4.09. The topological polar surface area (TPSA) is 59.0 Å². The minimum atomic E-state index is 0. The molecule has 0 amide bonds. The van der Waals surface area contributed by atoms with Crippen LogP contribution in [0.3, 0.4) is 0 Å². The molecule has 25 heavy (non-hydrogen) atoms. The lowest BCUT2D eigenvalue weighted by atomic mass is 10.1. The van der Waals surface area contributed by atoms with Gasteiger partial charge in [-0.15, -0.1) is 35.3 Å². The Balaban J connectivity index is 0.00000225. The molecule has 0 radical (unpaired) electrons. The minimum Gasteiger partial charge on any atom is -0.375 e. The molecule has 6 nitrogen and oxygen atoms in total. The summed E-state index contributed by atoms with van der Waals surface area (Å²) in [5.74, 6) is 0.952. The van der Waals surface area contributed by atoms with Crippen LogP contribution in [0.25, 0.3) is 0 Å². The Morgan fingerprint density at radius 3 is 2.92 bits per heavy atom. The monoisotopic (exact) mass is 480 g/mol. The third kappa shape index (κ3) is 5.77. The summed E-state index contributed by atoms with van der Waals surface area (Å²) in [7, 11) is 1.84. The second-order valence-electron chi connectivity index (χ2n) is 6.20. The van der Waals surface area contributed by atoms with Crippen molar-refractivity contribution in [2.75, 3.05) is 39.9 Å². The van der Waals surface area contributed by atoms with Gasteiger partial charge in [-0.05, 0) is 19.3 Å². The van der Waals surface area contributed by atoms with E-state index < -0.39 is 0 Å². The quantitative estimate of drug-likeness (QED) is 0.399. The summed E-state index contributed by atoms with van der Waals surface area (Å²) >= 11 is 1.80. The number of aromatic nitrogens is 1. The van der Waals surface area contributed by atoms with E-state index in [0.29, 0.717) is 0 Å². The fraction of sp³-hybridized carbons (Fsp3) is 0.765. The molecule has 2 unspecified atom stereocenters. The molecule has 2 fully saturated rings. The molecule has 0 spiro atoms. The lowest BCUT2D eigenvalue weighted by Gasteiger charge is -2.37. The largest absolute Gasteiger partial charge is 0.375 e. The first kappa shape index (κ1) is 20.9. The van der Waals surface area contributed by atoms with Crippen LogP contribution in [-0.4, -0.2) is 67.9 Å². The number of hydrogen-bond acceptors (Lipinski definition) is 5. The number of thiazole rings is 1. The van der Waals surface area contributed by atoms with Gasteiger partial charge in [-0.1, -0.05) is 6.92 Å². The second-order valence-corrected chi connectivity index (χ2v) is 7.40. The van der Waals surface area contributed by atoms with Gasteiger partial charge in [-0.25, -0.2) is 4.98 Å². The summed E-state index contributed by atoms with van der Waals surface area (Å²) in [6.07, 6.45) is 6.64. The Morgan fingerprint density at radius 1 is 1.40 bits per heavy atom. The molecular weight excluding hydrogens is 451 g/mol. The number of morpholine rings is 1. The van der Waals surface area contributed by atoms with E-state index in [4.69, 9.17) is 9.47 Å². The highest BCUT2D eigenvalue weighted by atomic mass is 127. The summed E-state index contributed by atoms with van der Waals surface area (Å²) in [5, 5.41) is 4.66. The van der Waals surface area contributed by atoms with Crippen molar-refractivity contribution in [1.82, 2.24) is 15.2 Å². The van der Waals surface area contributed by atoms with Crippen molar-refractivity contribution in [3.05, 3.63) is 16.1 Å². The van der Waals surface area contributed by atoms with E-state index in [0.717, 1.165) is 64.5 Å². The highest BCUT2D eigenvalue weighted by Crippen LogP contribution is 2.21. The molecule has 0 bridgehead atoms. The zero-order chi connectivity index (χ0) is 16.8. The second kappa shape index (κ2) is 10.6. The van der Waals surface area contributed by atoms with Gasteiger partial charge in [-0.2, -0.15) is 0 Å². The number of aryl methyl sites for hydroxylation is 1. The van der Waals surface area contributed by atoms with Crippen molar-refractivity contribution in [3.63, 3.8) is 0 Å². The van der Waals surface area contributed by atoms with Crippen LogP contribution < -0.4 is 5.32 Å². The first-order chi connectivity index (χ1) is 11.8. The maximum Gasteiger partial charge on any atom is 0.193 e. The molecule has 0 aliphatic carbocycles. The van der Waals surface area contributed by atoms with Crippen LogP contribution in [0.15, 0.2) is 11.2 Å². The van der Waals surface area contributed by atoms with Crippen molar-refractivity contribution < 1.29 is 9.47 Å². The molecule has 1 N–H and O–H groups in total. The third-order valence-corrected chi connectivity index (χ3v) is 5.76. The van der Waals surface area contributed by atoms with Gasteiger partial charge >= 0.3 is 0 Å². The zero-order valence-electron chi connectivity index (χ0n) is 15.1. The smallest absolute Gasteiger partial charge is 0.193 e. The minimum absolute atomic E-state index is 0. The average molecular weight is 480 g/mol. The van der Waals surface area contributed by atoms with Crippen LogP contribution in [0.4, 0.5) is 0 Å². The van der Waals surface area contributed by atoms with Gasteiger partial charge in [-0.3, -0.25) is 4.99 Å². The Morgan fingerprint density at radius 2 is 2.24 bits per heavy atom. The first-order valence-corrected chi connectivity index (χ1v) is 9.74. The van der Waals surface area contributed by atoms with E-state index >= 15 is 0 Å². The lowest BCUT2D eigenvalue weighted by molar-refractivity contribution is -0.0816. The molecule has 3 rings (SSSR count). The molecular formula is C17H29IN4O2S. The van der Waals surface area contributed by atoms with E-state index in [1.165, 1.54) is 9.88 Å². The normalized spacial score (nSPS) is 24.2. The number of halogens is 1. The van der Waals surface area contributed by atoms with Crippen LogP contribution in [0.5, 0.6) is 0 Å². The number of aliphatic imine (C=N–C) groups is 1. The number of nitrogens with one attached hydrogen (secondary N) is 1. The molecule has 1 aromatic heterocycles. The predicted octanol–water partition coefficient (Wildman–Crippen LogP) is 2.32. The number of ether oxygens (including phenoxy) is 2. The fourth-order valence-electron chi connectivity index (χ4n) is 3.23. The van der Waals surface area contributed by atoms with E-state index in [2.05, 4.69) is 27.1 Å². The van der Waals surface area contributed by atoms with Crippen LogP contribution in [0, 0.1) is 0 Å². The van der Waals surface area contributed by atoms with Gasteiger partial charge in [0.25, 0.3) is 0 Å². The summed E-state index contributed by atoms with van der Waals surface area (Å²) in [6, 6.07) is 0. The summed E-state index contributed by atoms with van der Waals surface area (Å²) < 4.78 is 11.7. The molecule has 2 atom stereocenters. The summed E-state index contributed by atoms with van der Waals surface area (Å²) in [5.41, 5.74) is 0. The van der Waals surface area contributed by atoms with E-state index in [9.17, 15) is 0 Å². The van der Waals surface area contributed by atoms with Crippen LogP contribution in [0.1, 0.15) is 29.7 Å². The summed E-state index contributed by atoms with van der Waals surface area (Å²) in [4.78, 5) is 12.6.